The van der Waals surface area contributed by atoms with Gasteiger partial charge in [0, 0.05) is 34.0 Å². The first kappa shape index (κ1) is 29.7. The molecule has 4 bridgehead atoms. The van der Waals surface area contributed by atoms with Crippen LogP contribution in [0.5, 0.6) is 0 Å². The molecule has 3 aliphatic heterocycles. The Bertz CT molecular complexity index is 2200. The van der Waals surface area contributed by atoms with E-state index in [9.17, 15) is 0 Å². The van der Waals surface area contributed by atoms with Gasteiger partial charge >= 0.3 is 0 Å². The summed E-state index contributed by atoms with van der Waals surface area (Å²) in [4.78, 5) is 5.66. The van der Waals surface area contributed by atoms with Crippen LogP contribution in [0.25, 0.3) is 0 Å². The van der Waals surface area contributed by atoms with Gasteiger partial charge in [0.2, 0.25) is 0 Å². The summed E-state index contributed by atoms with van der Waals surface area (Å²) in [6.07, 6.45) is 8.43. The fourth-order valence-electron chi connectivity index (χ4n) is 12.6. The van der Waals surface area contributed by atoms with Gasteiger partial charge in [-0.2, -0.15) is 0 Å². The first-order chi connectivity index (χ1) is 24.1. The fourth-order valence-corrected chi connectivity index (χ4v) is 16.8. The molecule has 0 spiro atoms. The van der Waals surface area contributed by atoms with E-state index in [4.69, 9.17) is 0 Å². The maximum absolute atomic E-state index is 3.00. The zero-order valence-electron chi connectivity index (χ0n) is 30.3. The molecule has 5 aromatic carbocycles. The Morgan fingerprint density at radius 1 is 0.640 bits per heavy atom. The lowest BCUT2D eigenvalue weighted by molar-refractivity contribution is 0.000640. The average molecular weight is 667 g/mol. The van der Waals surface area contributed by atoms with Crippen molar-refractivity contribution >= 4 is 75.2 Å². The molecule has 0 N–H and O–H groups in total. The van der Waals surface area contributed by atoms with Crippen LogP contribution < -0.4 is 41.7 Å². The molecule has 0 radical (unpaired) electrons. The normalized spacial score (nSPS) is 27.9. The number of hydrogen-bond acceptors (Lipinski definition) is 2. The molecular weight excluding hydrogens is 619 g/mol. The molecule has 4 fully saturated rings. The SMILES string of the molecule is Cc1cc2c3c(c1)N(C14CC5CC(CC(C5)C1)C4)c1cccc4c1B3c1c(cccc1[Si]4(C)c1ccccc1)N2c1ccc(C(C)(C)C)cc1. The Labute approximate surface area is 299 Å². The minimum Gasteiger partial charge on any atom is -0.336 e. The quantitative estimate of drug-likeness (QED) is 0.182. The second-order valence-corrected chi connectivity index (χ2v) is 22.1. The van der Waals surface area contributed by atoms with Crippen molar-refractivity contribution in [2.45, 2.75) is 83.7 Å². The van der Waals surface area contributed by atoms with Crippen LogP contribution >= 0.6 is 0 Å². The van der Waals surface area contributed by atoms with Gasteiger partial charge in [0.05, 0.1) is 0 Å². The Morgan fingerprint density at radius 2 is 1.22 bits per heavy atom. The van der Waals surface area contributed by atoms with Crippen molar-refractivity contribution in [2.24, 2.45) is 17.8 Å². The van der Waals surface area contributed by atoms with Gasteiger partial charge < -0.3 is 9.80 Å². The first-order valence-corrected chi connectivity index (χ1v) is 21.8. The number of rotatable bonds is 3. The zero-order valence-corrected chi connectivity index (χ0v) is 31.3. The highest BCUT2D eigenvalue weighted by Crippen LogP contribution is 2.60. The molecule has 12 rings (SSSR count). The van der Waals surface area contributed by atoms with E-state index in [2.05, 4.69) is 147 Å². The van der Waals surface area contributed by atoms with E-state index in [1.807, 2.05) is 0 Å². The second-order valence-electron chi connectivity index (χ2n) is 18.2. The molecule has 7 aliphatic rings. The highest BCUT2D eigenvalue weighted by Gasteiger charge is 2.59. The van der Waals surface area contributed by atoms with Crippen LogP contribution in [0.4, 0.5) is 28.4 Å². The Morgan fingerprint density at radius 3 is 1.84 bits per heavy atom. The third kappa shape index (κ3) is 3.76. The average Bonchev–Trinajstić information content (AvgIpc) is 3.09. The van der Waals surface area contributed by atoms with Crippen molar-refractivity contribution in [1.82, 2.24) is 0 Å². The van der Waals surface area contributed by atoms with Gasteiger partial charge in [-0.1, -0.05) is 104 Å². The standard InChI is InChI=1S/C46H47BN2Si/c1-29-21-38-42-39(22-29)49(46-26-30-23-31(27-46)25-32(24-30)28-46)37-14-10-16-41-44(37)47(42)43-36(48(38)34-19-17-33(18-20-34)45(2,3)4)13-9-15-40(43)50(41,5)35-11-7-6-8-12-35/h6-22,30-32H,23-28H2,1-5H3. The summed E-state index contributed by atoms with van der Waals surface area (Å²) in [6, 6.07) is 41.0. The minimum atomic E-state index is -2.38. The molecule has 4 saturated carbocycles. The van der Waals surface area contributed by atoms with E-state index in [-0.39, 0.29) is 17.7 Å². The summed E-state index contributed by atoms with van der Waals surface area (Å²) in [7, 11) is -2.38. The van der Waals surface area contributed by atoms with E-state index in [1.54, 1.807) is 26.8 Å². The Kier molecular flexibility index (Phi) is 5.85. The predicted molar refractivity (Wildman–Crippen MR) is 216 cm³/mol. The number of benzene rings is 5. The lowest BCUT2D eigenvalue weighted by atomic mass is 9.33. The third-order valence-corrected chi connectivity index (χ3v) is 18.7. The molecule has 4 heteroatoms. The van der Waals surface area contributed by atoms with Gasteiger partial charge in [0.25, 0.3) is 6.71 Å². The van der Waals surface area contributed by atoms with E-state index in [0.29, 0.717) is 0 Å². The van der Waals surface area contributed by atoms with Crippen LogP contribution in [-0.2, 0) is 5.41 Å². The summed E-state index contributed by atoms with van der Waals surface area (Å²) in [5.41, 5.74) is 14.9. The van der Waals surface area contributed by atoms with Crippen molar-refractivity contribution in [3.63, 3.8) is 0 Å². The molecule has 3 heterocycles. The summed E-state index contributed by atoms with van der Waals surface area (Å²) in [5, 5.41) is 4.74. The molecule has 0 aromatic heterocycles. The summed E-state index contributed by atoms with van der Waals surface area (Å²) >= 11 is 0. The number of nitrogens with zero attached hydrogens (tertiary/aromatic N) is 2. The molecule has 2 nitrogen and oxygen atoms in total. The maximum atomic E-state index is 3.00. The lowest BCUT2D eigenvalue weighted by Gasteiger charge is -2.63. The first-order valence-electron chi connectivity index (χ1n) is 19.3. The van der Waals surface area contributed by atoms with E-state index in [0.717, 1.165) is 17.8 Å². The van der Waals surface area contributed by atoms with Crippen LogP contribution in [0.3, 0.4) is 0 Å². The van der Waals surface area contributed by atoms with Crippen LogP contribution in [0.2, 0.25) is 6.55 Å². The molecule has 4 aliphatic carbocycles. The van der Waals surface area contributed by atoms with Crippen LogP contribution in [0.15, 0.2) is 103 Å². The molecule has 5 aromatic rings. The molecular formula is C46H47BN2Si. The fraction of sp³-hybridized carbons (Fsp3) is 0.348. The molecule has 248 valence electrons. The van der Waals surface area contributed by atoms with E-state index < -0.39 is 8.07 Å². The summed E-state index contributed by atoms with van der Waals surface area (Å²) < 4.78 is 0. The number of hydrogen-bond donors (Lipinski definition) is 0. The smallest absolute Gasteiger partial charge is 0.251 e. The van der Waals surface area contributed by atoms with Crippen molar-refractivity contribution in [1.29, 1.82) is 0 Å². The minimum absolute atomic E-state index is 0.113. The van der Waals surface area contributed by atoms with Crippen molar-refractivity contribution in [3.05, 3.63) is 114 Å². The maximum Gasteiger partial charge on any atom is 0.251 e. The predicted octanol–water partition coefficient (Wildman–Crippen LogP) is 7.43. The van der Waals surface area contributed by atoms with Crippen LogP contribution in [-0.4, -0.2) is 20.3 Å². The molecule has 0 amide bonds. The largest absolute Gasteiger partial charge is 0.336 e. The number of anilines is 5. The third-order valence-electron chi connectivity index (χ3n) is 14.2. The van der Waals surface area contributed by atoms with Crippen molar-refractivity contribution in [2.75, 3.05) is 9.80 Å². The van der Waals surface area contributed by atoms with Gasteiger partial charge in [0.15, 0.2) is 0 Å². The topological polar surface area (TPSA) is 6.48 Å². The van der Waals surface area contributed by atoms with Gasteiger partial charge in [0.1, 0.15) is 8.07 Å². The van der Waals surface area contributed by atoms with Gasteiger partial charge in [-0.25, -0.2) is 0 Å². The highest BCUT2D eigenvalue weighted by molar-refractivity contribution is 7.21. The Hall–Kier alpha value is -4.02. The van der Waals surface area contributed by atoms with Gasteiger partial charge in [-0.15, -0.1) is 0 Å². The van der Waals surface area contributed by atoms with E-state index >= 15 is 0 Å². The van der Waals surface area contributed by atoms with Crippen molar-refractivity contribution < 1.29 is 0 Å². The van der Waals surface area contributed by atoms with Crippen molar-refractivity contribution in [3.8, 4) is 0 Å². The van der Waals surface area contributed by atoms with Gasteiger partial charge in [-0.05, 0) is 138 Å². The zero-order chi connectivity index (χ0) is 33.7. The Balaban J connectivity index is 1.25. The van der Waals surface area contributed by atoms with Gasteiger partial charge in [-0.3, -0.25) is 0 Å². The second kappa shape index (κ2) is 9.85. The number of aryl methyl sites for hydroxylation is 1. The highest BCUT2D eigenvalue weighted by atomic mass is 28.3. The molecule has 1 unspecified atom stereocenters. The monoisotopic (exact) mass is 666 g/mol. The van der Waals surface area contributed by atoms with Crippen LogP contribution in [0, 0.1) is 24.7 Å². The summed E-state index contributed by atoms with van der Waals surface area (Å²) in [6.45, 7) is 12.2. The summed E-state index contributed by atoms with van der Waals surface area (Å²) in [5.74, 6) is 2.65. The molecule has 50 heavy (non-hydrogen) atoms. The molecule has 1 atom stereocenters. The van der Waals surface area contributed by atoms with E-state index in [1.165, 1.54) is 83.3 Å². The molecule has 0 saturated heterocycles. The van der Waals surface area contributed by atoms with Crippen LogP contribution in [0.1, 0.15) is 70.4 Å². The lowest BCUT2D eigenvalue weighted by Crippen LogP contribution is -2.84.